The van der Waals surface area contributed by atoms with Gasteiger partial charge < -0.3 is 15.2 Å². The molecule has 1 aromatic carbocycles. The van der Waals surface area contributed by atoms with Gasteiger partial charge in [-0.1, -0.05) is 37.5 Å². The van der Waals surface area contributed by atoms with E-state index in [2.05, 4.69) is 22.2 Å². The maximum atomic E-state index is 10.3. The molecule has 0 aromatic heterocycles. The zero-order valence-corrected chi connectivity index (χ0v) is 17.7. The Morgan fingerprint density at radius 2 is 1.69 bits per heavy atom. The highest BCUT2D eigenvalue weighted by Gasteiger charge is 2.27. The normalized spacial score (nSPS) is 21.2. The third-order valence-corrected chi connectivity index (χ3v) is 6.14. The third-order valence-electron chi connectivity index (χ3n) is 5.51. The molecule has 4 N–H and O–H groups in total. The molecule has 0 spiro atoms. The number of aliphatic hydroxyl groups excluding tert-OH is 1. The summed E-state index contributed by atoms with van der Waals surface area (Å²) in [6.07, 6.45) is 9.58. The van der Waals surface area contributed by atoms with Crippen molar-refractivity contribution in [2.75, 3.05) is 13.2 Å². The molecule has 0 bridgehead atoms. The number of para-hydroxylation sites is 1. The molecule has 0 aliphatic heterocycles. The minimum atomic E-state index is -3.97. The lowest BCUT2D eigenvalue weighted by Crippen LogP contribution is -2.35. The van der Waals surface area contributed by atoms with Gasteiger partial charge in [-0.25, -0.2) is 0 Å². The molecule has 164 valence electrons. The fourth-order valence-electron chi connectivity index (χ4n) is 3.61. The van der Waals surface area contributed by atoms with Crippen LogP contribution in [0.5, 0.6) is 5.75 Å². The zero-order valence-electron chi connectivity index (χ0n) is 16.9. The monoisotopic (exact) mass is 426 g/mol. The van der Waals surface area contributed by atoms with Crippen molar-refractivity contribution in [2.24, 2.45) is 0 Å². The molecule has 29 heavy (non-hydrogen) atoms. The van der Waals surface area contributed by atoms with Crippen molar-refractivity contribution >= 4 is 10.3 Å². The van der Waals surface area contributed by atoms with Gasteiger partial charge in [-0.2, -0.15) is 13.1 Å². The summed E-state index contributed by atoms with van der Waals surface area (Å²) in [5.74, 6) is 1.63. The van der Waals surface area contributed by atoms with Gasteiger partial charge in [0.2, 0.25) is 0 Å². The highest BCUT2D eigenvalue weighted by molar-refractivity contribution is 7.83. The molecular weight excluding hydrogens is 392 g/mol. The first-order valence-corrected chi connectivity index (χ1v) is 12.2. The van der Waals surface area contributed by atoms with Crippen molar-refractivity contribution in [3.63, 3.8) is 0 Å². The summed E-state index contributed by atoms with van der Waals surface area (Å²) in [6.45, 7) is 1.01. The van der Waals surface area contributed by atoms with Crippen molar-refractivity contribution in [3.05, 3.63) is 29.8 Å². The van der Waals surface area contributed by atoms with Crippen LogP contribution in [-0.4, -0.2) is 49.4 Å². The smallest absolute Gasteiger partial charge is 0.333 e. The summed E-state index contributed by atoms with van der Waals surface area (Å²) in [5, 5.41) is 13.2. The molecule has 4 rings (SSSR count). The Hall–Kier alpha value is -1.19. The molecule has 0 heterocycles. The first kappa shape index (κ1) is 22.5. The average Bonchev–Trinajstić information content (AvgIpc) is 3.59. The quantitative estimate of drug-likeness (QED) is 0.452. The van der Waals surface area contributed by atoms with Crippen molar-refractivity contribution in [1.29, 1.82) is 0 Å². The maximum absolute atomic E-state index is 10.3. The van der Waals surface area contributed by atoms with Crippen LogP contribution in [0.25, 0.3) is 0 Å². The molecule has 3 saturated carbocycles. The standard InChI is InChI=1S/C15H21NO2.C6H13NO3S/c17-13(9-16-12-7-8-12)10-18-15-4-2-1-3-14(15)11-5-6-11;8-11(9,10)7-6-4-2-1-3-5-6/h1-4,11-13,16-17H,5-10H2;6-7H,1-5H2,(H,8,9,10). The lowest BCUT2D eigenvalue weighted by atomic mass is 9.96. The number of hydrogen-bond donors (Lipinski definition) is 4. The fraction of sp³-hybridized carbons (Fsp3) is 0.714. The van der Waals surface area contributed by atoms with Gasteiger partial charge in [-0.15, -0.1) is 0 Å². The fourth-order valence-corrected chi connectivity index (χ4v) is 4.27. The second-order valence-electron chi connectivity index (χ2n) is 8.39. The van der Waals surface area contributed by atoms with Crippen LogP contribution in [-0.2, 0) is 10.3 Å². The molecular formula is C21H34N2O5S. The van der Waals surface area contributed by atoms with E-state index in [1.165, 1.54) is 37.7 Å². The van der Waals surface area contributed by atoms with Crippen molar-refractivity contribution in [2.45, 2.75) is 81.9 Å². The van der Waals surface area contributed by atoms with E-state index in [1.54, 1.807) is 0 Å². The van der Waals surface area contributed by atoms with Crippen molar-refractivity contribution in [1.82, 2.24) is 10.0 Å². The second-order valence-corrected chi connectivity index (χ2v) is 9.57. The topological polar surface area (TPSA) is 108 Å². The molecule has 1 atom stereocenters. The molecule has 1 aromatic rings. The van der Waals surface area contributed by atoms with E-state index in [1.807, 2.05) is 12.1 Å². The highest BCUT2D eigenvalue weighted by atomic mass is 32.2. The van der Waals surface area contributed by atoms with Crippen LogP contribution in [0.3, 0.4) is 0 Å². The lowest BCUT2D eigenvalue weighted by molar-refractivity contribution is 0.105. The largest absolute Gasteiger partial charge is 0.491 e. The Balaban J connectivity index is 0.000000188. The van der Waals surface area contributed by atoms with Gasteiger partial charge in [0, 0.05) is 18.6 Å². The van der Waals surface area contributed by atoms with Crippen LogP contribution in [0.2, 0.25) is 0 Å². The van der Waals surface area contributed by atoms with E-state index in [9.17, 15) is 13.5 Å². The van der Waals surface area contributed by atoms with E-state index in [4.69, 9.17) is 9.29 Å². The SMILES string of the molecule is O=S(=O)(O)NC1CCCCC1.OC(CNC1CC1)COc1ccccc1C1CC1. The van der Waals surface area contributed by atoms with E-state index in [0.717, 1.165) is 31.4 Å². The van der Waals surface area contributed by atoms with Crippen LogP contribution in [0.1, 0.15) is 69.3 Å². The van der Waals surface area contributed by atoms with Crippen molar-refractivity contribution < 1.29 is 22.8 Å². The first-order chi connectivity index (χ1) is 13.9. The van der Waals surface area contributed by atoms with E-state index in [0.29, 0.717) is 25.1 Å². The van der Waals surface area contributed by atoms with Gasteiger partial charge in [0.15, 0.2) is 0 Å². The first-order valence-electron chi connectivity index (χ1n) is 10.8. The number of rotatable bonds is 9. The summed E-state index contributed by atoms with van der Waals surface area (Å²) in [5.41, 5.74) is 1.31. The Morgan fingerprint density at radius 3 is 2.31 bits per heavy atom. The predicted octanol–water partition coefficient (Wildman–Crippen LogP) is 2.77. The number of benzene rings is 1. The van der Waals surface area contributed by atoms with Crippen LogP contribution in [0.15, 0.2) is 24.3 Å². The Morgan fingerprint density at radius 1 is 1.00 bits per heavy atom. The number of hydrogen-bond acceptors (Lipinski definition) is 5. The Kier molecular flexibility index (Phi) is 8.32. The van der Waals surface area contributed by atoms with E-state index < -0.39 is 16.4 Å². The average molecular weight is 427 g/mol. The summed E-state index contributed by atoms with van der Waals surface area (Å²) in [6, 6.07) is 8.80. The second kappa shape index (κ2) is 10.7. The third kappa shape index (κ3) is 9.00. The van der Waals surface area contributed by atoms with Crippen LogP contribution in [0, 0.1) is 0 Å². The van der Waals surface area contributed by atoms with Gasteiger partial charge in [0.1, 0.15) is 18.5 Å². The predicted molar refractivity (Wildman–Crippen MR) is 113 cm³/mol. The molecule has 8 heteroatoms. The van der Waals surface area contributed by atoms with Gasteiger partial charge in [0.25, 0.3) is 0 Å². The summed E-state index contributed by atoms with van der Waals surface area (Å²) >= 11 is 0. The highest BCUT2D eigenvalue weighted by Crippen LogP contribution is 2.44. The maximum Gasteiger partial charge on any atom is 0.333 e. The molecule has 3 aliphatic carbocycles. The Labute approximate surface area is 174 Å². The van der Waals surface area contributed by atoms with Crippen LogP contribution in [0.4, 0.5) is 0 Å². The van der Waals surface area contributed by atoms with Gasteiger partial charge in [-0.3, -0.25) is 4.55 Å². The molecule has 1 unspecified atom stereocenters. The lowest BCUT2D eigenvalue weighted by Gasteiger charge is -2.20. The number of ether oxygens (including phenoxy) is 1. The number of nitrogens with one attached hydrogen (secondary N) is 2. The minimum absolute atomic E-state index is 0.0428. The van der Waals surface area contributed by atoms with Crippen molar-refractivity contribution in [3.8, 4) is 5.75 Å². The summed E-state index contributed by atoms with van der Waals surface area (Å²) in [4.78, 5) is 0. The minimum Gasteiger partial charge on any atom is -0.491 e. The molecule has 3 fully saturated rings. The summed E-state index contributed by atoms with van der Waals surface area (Å²) < 4.78 is 37.1. The Bertz CT molecular complexity index is 728. The van der Waals surface area contributed by atoms with Crippen LogP contribution >= 0.6 is 0 Å². The number of aliphatic hydroxyl groups is 1. The molecule has 3 aliphatic rings. The molecule has 0 amide bonds. The molecule has 0 saturated heterocycles. The zero-order chi connectivity index (χ0) is 20.7. The van der Waals surface area contributed by atoms with Crippen LogP contribution < -0.4 is 14.8 Å². The van der Waals surface area contributed by atoms with Gasteiger partial charge >= 0.3 is 10.3 Å². The van der Waals surface area contributed by atoms with Gasteiger partial charge in [0.05, 0.1) is 0 Å². The van der Waals surface area contributed by atoms with E-state index in [-0.39, 0.29) is 6.04 Å². The van der Waals surface area contributed by atoms with E-state index >= 15 is 0 Å². The molecule has 0 radical (unpaired) electrons. The molecule has 7 nitrogen and oxygen atoms in total. The van der Waals surface area contributed by atoms with Gasteiger partial charge in [-0.05, 0) is 56.1 Å². The summed E-state index contributed by atoms with van der Waals surface area (Å²) in [7, 11) is -3.97.